The molecule has 6 heteroatoms. The number of ether oxygens (including phenoxy) is 1. The molecule has 1 fully saturated rings. The summed E-state index contributed by atoms with van der Waals surface area (Å²) in [5.74, 6) is -0.0656. The quantitative estimate of drug-likeness (QED) is 0.437. The second-order valence-electron chi connectivity index (χ2n) is 8.02. The molecule has 0 radical (unpaired) electrons. The van der Waals surface area contributed by atoms with Gasteiger partial charge in [-0.3, -0.25) is 9.79 Å². The van der Waals surface area contributed by atoms with Gasteiger partial charge in [0, 0.05) is 53.3 Å². The zero-order chi connectivity index (χ0) is 22.5. The van der Waals surface area contributed by atoms with Crippen molar-refractivity contribution in [3.05, 3.63) is 90.6 Å². The van der Waals surface area contributed by atoms with E-state index >= 15 is 0 Å². The third-order valence-electron chi connectivity index (χ3n) is 5.77. The number of carbonyl (C=O) groups excluding carboxylic acids is 1. The lowest BCUT2D eigenvalue weighted by Gasteiger charge is -2.28. The number of carbonyl (C=O) groups is 1. The number of hydrogen-bond acceptors (Lipinski definition) is 4. The number of nitrogens with zero attached hydrogens (tertiary/aromatic N) is 3. The highest BCUT2D eigenvalue weighted by atomic mass is 16.5. The van der Waals surface area contributed by atoms with Crippen LogP contribution in [0.2, 0.25) is 0 Å². The summed E-state index contributed by atoms with van der Waals surface area (Å²) in [7, 11) is 0. The second kappa shape index (κ2) is 9.71. The number of nitrogens with one attached hydrogen (secondary N) is 1. The van der Waals surface area contributed by atoms with Crippen LogP contribution in [0.15, 0.2) is 90.1 Å². The first-order valence-corrected chi connectivity index (χ1v) is 11.2. The predicted octanol–water partition coefficient (Wildman–Crippen LogP) is 4.87. The van der Waals surface area contributed by atoms with E-state index in [2.05, 4.69) is 28.4 Å². The minimum absolute atomic E-state index is 0.0656. The van der Waals surface area contributed by atoms with Gasteiger partial charge in [-0.15, -0.1) is 0 Å². The van der Waals surface area contributed by atoms with Gasteiger partial charge in [-0.1, -0.05) is 36.4 Å². The van der Waals surface area contributed by atoms with E-state index in [4.69, 9.17) is 9.73 Å². The Morgan fingerprint density at radius 1 is 0.939 bits per heavy atom. The van der Waals surface area contributed by atoms with Crippen LogP contribution in [0.1, 0.15) is 5.56 Å². The molecule has 1 aliphatic rings. The van der Waals surface area contributed by atoms with Crippen molar-refractivity contribution in [3.63, 3.8) is 0 Å². The molecule has 1 amide bonds. The van der Waals surface area contributed by atoms with Gasteiger partial charge in [0.25, 0.3) is 0 Å². The van der Waals surface area contributed by atoms with Gasteiger partial charge in [0.05, 0.1) is 18.9 Å². The van der Waals surface area contributed by atoms with Gasteiger partial charge in [0.15, 0.2) is 0 Å². The number of aromatic nitrogens is 1. The van der Waals surface area contributed by atoms with E-state index in [1.165, 1.54) is 5.69 Å². The topological polar surface area (TPSA) is 58.9 Å². The molecule has 1 aromatic heterocycles. The number of rotatable bonds is 6. The summed E-state index contributed by atoms with van der Waals surface area (Å²) in [4.78, 5) is 19.6. The maximum absolute atomic E-state index is 12.6. The minimum atomic E-state index is -0.0656. The van der Waals surface area contributed by atoms with Gasteiger partial charge < -0.3 is 19.5 Å². The molecule has 1 aliphatic heterocycles. The van der Waals surface area contributed by atoms with Crippen molar-refractivity contribution in [1.29, 1.82) is 0 Å². The molecule has 0 atom stereocenters. The zero-order valence-electron chi connectivity index (χ0n) is 18.4. The number of amides is 1. The van der Waals surface area contributed by atoms with Crippen LogP contribution < -0.4 is 10.2 Å². The number of fused-ring (bicyclic) bond motifs is 1. The van der Waals surface area contributed by atoms with E-state index in [0.717, 1.165) is 54.1 Å². The summed E-state index contributed by atoms with van der Waals surface area (Å²) >= 11 is 0. The lowest BCUT2D eigenvalue weighted by atomic mass is 10.2. The monoisotopic (exact) mass is 438 g/mol. The Labute approximate surface area is 193 Å². The molecule has 0 unspecified atom stereocenters. The van der Waals surface area contributed by atoms with Crippen molar-refractivity contribution in [3.8, 4) is 0 Å². The Bertz CT molecular complexity index is 1260. The van der Waals surface area contributed by atoms with Crippen LogP contribution in [-0.4, -0.2) is 43.0 Å². The molecule has 33 heavy (non-hydrogen) atoms. The fourth-order valence-corrected chi connectivity index (χ4v) is 4.10. The number of aliphatic imine (C=N–C) groups is 1. The molecule has 0 aliphatic carbocycles. The highest BCUT2D eigenvalue weighted by Crippen LogP contribution is 2.23. The average molecular weight is 439 g/mol. The number of morpholine rings is 1. The van der Waals surface area contributed by atoms with Crippen LogP contribution in [0.25, 0.3) is 10.9 Å². The summed E-state index contributed by atoms with van der Waals surface area (Å²) < 4.78 is 7.40. The first kappa shape index (κ1) is 21.0. The molecule has 0 saturated carbocycles. The van der Waals surface area contributed by atoms with Crippen LogP contribution in [0.3, 0.4) is 0 Å². The van der Waals surface area contributed by atoms with Crippen molar-refractivity contribution in [2.24, 2.45) is 4.99 Å². The zero-order valence-corrected chi connectivity index (χ0v) is 18.4. The van der Waals surface area contributed by atoms with Crippen LogP contribution in [0, 0.1) is 0 Å². The Hall–Kier alpha value is -3.90. The van der Waals surface area contributed by atoms with Crippen molar-refractivity contribution < 1.29 is 9.53 Å². The van der Waals surface area contributed by atoms with E-state index < -0.39 is 0 Å². The van der Waals surface area contributed by atoms with E-state index in [1.807, 2.05) is 77.6 Å². The fraction of sp³-hybridized carbons (Fsp3) is 0.185. The Morgan fingerprint density at radius 2 is 1.67 bits per heavy atom. The largest absolute Gasteiger partial charge is 0.378 e. The average Bonchev–Trinajstić information content (AvgIpc) is 3.21. The summed E-state index contributed by atoms with van der Waals surface area (Å²) in [6.45, 7) is 3.61. The van der Waals surface area contributed by atoms with Gasteiger partial charge in [-0.05, 0) is 42.5 Å². The molecular weight excluding hydrogens is 412 g/mol. The molecule has 0 spiro atoms. The summed E-state index contributed by atoms with van der Waals surface area (Å²) in [6, 6.07) is 25.9. The highest BCUT2D eigenvalue weighted by molar-refractivity contribution is 6.01. The first-order chi connectivity index (χ1) is 16.3. The maximum atomic E-state index is 12.6. The maximum Gasteiger partial charge on any atom is 0.244 e. The summed E-state index contributed by atoms with van der Waals surface area (Å²) in [5, 5.41) is 4.02. The minimum Gasteiger partial charge on any atom is -0.378 e. The van der Waals surface area contributed by atoms with Gasteiger partial charge in [0.2, 0.25) is 5.91 Å². The SMILES string of the molecule is O=C(Cn1cc(C=Nc2ccc(N3CCOCC3)cc2)c2ccccc21)Nc1ccccc1. The molecule has 4 aromatic rings. The number of anilines is 2. The van der Waals surface area contributed by atoms with Gasteiger partial charge >= 0.3 is 0 Å². The lowest BCUT2D eigenvalue weighted by Crippen LogP contribution is -2.36. The molecule has 1 N–H and O–H groups in total. The molecular formula is C27H26N4O2. The third-order valence-corrected chi connectivity index (χ3v) is 5.77. The van der Waals surface area contributed by atoms with Crippen LogP contribution in [0.5, 0.6) is 0 Å². The molecule has 166 valence electrons. The van der Waals surface area contributed by atoms with Crippen molar-refractivity contribution in [1.82, 2.24) is 4.57 Å². The number of hydrogen-bond donors (Lipinski definition) is 1. The van der Waals surface area contributed by atoms with Crippen LogP contribution in [-0.2, 0) is 16.1 Å². The van der Waals surface area contributed by atoms with E-state index in [0.29, 0.717) is 0 Å². The summed E-state index contributed by atoms with van der Waals surface area (Å²) in [5.41, 5.74) is 4.87. The molecule has 1 saturated heterocycles. The summed E-state index contributed by atoms with van der Waals surface area (Å²) in [6.07, 6.45) is 3.86. The Balaban J connectivity index is 1.33. The third kappa shape index (κ3) is 4.96. The number of benzene rings is 3. The smallest absolute Gasteiger partial charge is 0.244 e. The predicted molar refractivity (Wildman–Crippen MR) is 134 cm³/mol. The Morgan fingerprint density at radius 3 is 2.45 bits per heavy atom. The van der Waals surface area contributed by atoms with Crippen LogP contribution in [0.4, 0.5) is 17.1 Å². The van der Waals surface area contributed by atoms with E-state index in [1.54, 1.807) is 0 Å². The van der Waals surface area contributed by atoms with Crippen molar-refractivity contribution >= 4 is 40.1 Å². The van der Waals surface area contributed by atoms with Gasteiger partial charge in [-0.25, -0.2) is 0 Å². The van der Waals surface area contributed by atoms with E-state index in [9.17, 15) is 4.79 Å². The standard InChI is InChI=1S/C27H26N4O2/c32-27(29-23-6-2-1-3-7-23)20-31-19-21(25-8-4-5-9-26(25)31)18-28-22-10-12-24(13-11-22)30-14-16-33-17-15-30/h1-13,18-19H,14-17,20H2,(H,29,32). The molecule has 3 aromatic carbocycles. The molecule has 5 rings (SSSR count). The first-order valence-electron chi connectivity index (χ1n) is 11.2. The molecule has 6 nitrogen and oxygen atoms in total. The van der Waals surface area contributed by atoms with Crippen molar-refractivity contribution in [2.75, 3.05) is 36.5 Å². The second-order valence-corrected chi connectivity index (χ2v) is 8.02. The fourth-order valence-electron chi connectivity index (χ4n) is 4.10. The van der Waals surface area contributed by atoms with Gasteiger partial charge in [0.1, 0.15) is 6.54 Å². The molecule has 2 heterocycles. The van der Waals surface area contributed by atoms with E-state index in [-0.39, 0.29) is 12.5 Å². The lowest BCUT2D eigenvalue weighted by molar-refractivity contribution is -0.116. The normalized spacial score (nSPS) is 14.1. The number of para-hydroxylation sites is 2. The van der Waals surface area contributed by atoms with Crippen molar-refractivity contribution in [2.45, 2.75) is 6.54 Å². The molecule has 0 bridgehead atoms. The van der Waals surface area contributed by atoms with Gasteiger partial charge in [-0.2, -0.15) is 0 Å². The highest BCUT2D eigenvalue weighted by Gasteiger charge is 2.12. The van der Waals surface area contributed by atoms with Crippen LogP contribution >= 0.6 is 0 Å². The Kier molecular flexibility index (Phi) is 6.17.